The van der Waals surface area contributed by atoms with Crippen molar-refractivity contribution in [3.8, 4) is 11.6 Å². The van der Waals surface area contributed by atoms with Crippen LogP contribution >= 0.6 is 12.2 Å². The lowest BCUT2D eigenvalue weighted by Crippen LogP contribution is -2.21. The summed E-state index contributed by atoms with van der Waals surface area (Å²) < 4.78 is 4.70. The first-order valence-corrected chi connectivity index (χ1v) is 12.5. The molecule has 39 heavy (non-hydrogen) atoms. The highest BCUT2D eigenvalue weighted by molar-refractivity contribution is 7.80. The van der Waals surface area contributed by atoms with E-state index >= 15 is 0 Å². The van der Waals surface area contributed by atoms with Crippen LogP contribution in [-0.4, -0.2) is 30.1 Å². The van der Waals surface area contributed by atoms with Gasteiger partial charge in [0.2, 0.25) is 16.9 Å². The molecule has 2 heterocycles. The topological polar surface area (TPSA) is 118 Å². The van der Waals surface area contributed by atoms with Gasteiger partial charge in [-0.15, -0.1) is 10.2 Å². The molecule has 0 fully saturated rings. The maximum Gasteiger partial charge on any atom is 0.295 e. The third-order valence-corrected chi connectivity index (χ3v) is 6.49. The highest BCUT2D eigenvalue weighted by Crippen LogP contribution is 2.38. The van der Waals surface area contributed by atoms with Crippen LogP contribution in [0.25, 0.3) is 16.6 Å². The number of fused-ring (bicyclic) bond motifs is 1. The van der Waals surface area contributed by atoms with Crippen molar-refractivity contribution in [2.75, 3.05) is 10.6 Å². The number of nitrogens with zero attached hydrogens (tertiary/aromatic N) is 5. The second-order valence-corrected chi connectivity index (χ2v) is 9.14. The quantitative estimate of drug-likeness (QED) is 0.201. The van der Waals surface area contributed by atoms with Crippen LogP contribution in [0.15, 0.2) is 100.0 Å². The molecular formula is C28H25N7O3S. The summed E-state index contributed by atoms with van der Waals surface area (Å²) in [6, 6.07) is 25.5. The fraction of sp³-hybridized carbons (Fsp3) is 0.107. The van der Waals surface area contributed by atoms with E-state index in [1.807, 2.05) is 48.5 Å². The average Bonchev–Trinajstić information content (AvgIpc) is 3.32. The first-order chi connectivity index (χ1) is 18.8. The van der Waals surface area contributed by atoms with E-state index in [-0.39, 0.29) is 40.4 Å². The van der Waals surface area contributed by atoms with Gasteiger partial charge >= 0.3 is 0 Å². The van der Waals surface area contributed by atoms with E-state index in [9.17, 15) is 14.7 Å². The summed E-state index contributed by atoms with van der Waals surface area (Å²) >= 11 is 5.36. The van der Waals surface area contributed by atoms with E-state index in [1.54, 1.807) is 55.1 Å². The molecule has 0 saturated carbocycles. The van der Waals surface area contributed by atoms with Crippen molar-refractivity contribution in [3.05, 3.63) is 101 Å². The first kappa shape index (κ1) is 25.6. The number of benzene rings is 3. The van der Waals surface area contributed by atoms with Crippen LogP contribution in [0.5, 0.6) is 5.88 Å². The minimum atomic E-state index is -0.313. The van der Waals surface area contributed by atoms with Crippen molar-refractivity contribution >= 4 is 51.2 Å². The van der Waals surface area contributed by atoms with Crippen molar-refractivity contribution in [1.82, 2.24) is 13.9 Å². The zero-order chi connectivity index (χ0) is 27.5. The largest absolute Gasteiger partial charge is 0.493 e. The molecule has 0 bridgehead atoms. The zero-order valence-corrected chi connectivity index (χ0v) is 22.0. The molecule has 0 saturated heterocycles. The van der Waals surface area contributed by atoms with Gasteiger partial charge in [-0.25, -0.2) is 4.68 Å². The van der Waals surface area contributed by atoms with Crippen molar-refractivity contribution in [2.45, 2.75) is 13.5 Å². The van der Waals surface area contributed by atoms with Gasteiger partial charge in [0.15, 0.2) is 5.69 Å². The maximum absolute atomic E-state index is 13.2. The highest BCUT2D eigenvalue weighted by Gasteiger charge is 2.20. The van der Waals surface area contributed by atoms with Gasteiger partial charge in [0.05, 0.1) is 16.9 Å². The molecule has 0 aliphatic heterocycles. The maximum atomic E-state index is 13.2. The molecule has 0 spiro atoms. The number of amides is 1. The second-order valence-electron chi connectivity index (χ2n) is 8.76. The standard InChI is InChI=1S/C28H25N7O3S/c1-18-24(27(38)35(33(18)2)20-13-7-4-8-14-20)30-28(39)32-31-25-21-15-9-10-16-22(21)34(26(25)37)17-23(36)29-19-11-5-3-6-12-19/h3-16,37H,17H2,1-2H3,(H,29,36)(H,30,39). The van der Waals surface area contributed by atoms with Gasteiger partial charge in [0.25, 0.3) is 5.56 Å². The van der Waals surface area contributed by atoms with E-state index in [0.717, 1.165) is 0 Å². The number of rotatable bonds is 6. The highest BCUT2D eigenvalue weighted by atomic mass is 32.1. The molecule has 10 nitrogen and oxygen atoms in total. The average molecular weight is 540 g/mol. The van der Waals surface area contributed by atoms with Crippen LogP contribution in [0.3, 0.4) is 0 Å². The molecule has 3 N–H and O–H groups in total. The smallest absolute Gasteiger partial charge is 0.295 e. The summed E-state index contributed by atoms with van der Waals surface area (Å²) in [5.74, 6) is -0.541. The molecular weight excluding hydrogens is 514 g/mol. The fourth-order valence-electron chi connectivity index (χ4n) is 4.34. The molecule has 0 radical (unpaired) electrons. The Morgan fingerprint density at radius 3 is 2.31 bits per heavy atom. The van der Waals surface area contributed by atoms with E-state index in [0.29, 0.717) is 28.0 Å². The molecule has 5 aromatic rings. The van der Waals surface area contributed by atoms with Gasteiger partial charge in [0.1, 0.15) is 12.2 Å². The van der Waals surface area contributed by atoms with Gasteiger partial charge < -0.3 is 20.3 Å². The predicted octanol–water partition coefficient (Wildman–Crippen LogP) is 5.26. The molecule has 196 valence electrons. The predicted molar refractivity (Wildman–Crippen MR) is 155 cm³/mol. The third kappa shape index (κ3) is 5.07. The SMILES string of the molecule is Cc1c(NC(=S)N=Nc2c(O)n(CC(=O)Nc3ccccc3)c3ccccc23)c(=O)n(-c2ccccc2)n1C. The normalized spacial score (nSPS) is 11.2. The Bertz CT molecular complexity index is 1770. The zero-order valence-electron chi connectivity index (χ0n) is 21.2. The number of hydrogen-bond donors (Lipinski definition) is 3. The molecule has 0 aliphatic rings. The van der Waals surface area contributed by atoms with Crippen LogP contribution < -0.4 is 16.2 Å². The Hall–Kier alpha value is -5.03. The van der Waals surface area contributed by atoms with Crippen LogP contribution in [0.4, 0.5) is 17.1 Å². The van der Waals surface area contributed by atoms with Gasteiger partial charge in [-0.3, -0.25) is 14.3 Å². The van der Waals surface area contributed by atoms with Crippen LogP contribution in [0.2, 0.25) is 0 Å². The Morgan fingerprint density at radius 2 is 1.59 bits per heavy atom. The van der Waals surface area contributed by atoms with Crippen LogP contribution in [0, 0.1) is 6.92 Å². The second kappa shape index (κ2) is 10.8. The van der Waals surface area contributed by atoms with Crippen molar-refractivity contribution in [1.29, 1.82) is 0 Å². The molecule has 11 heteroatoms. The van der Waals surface area contributed by atoms with E-state index < -0.39 is 0 Å². The Balaban J connectivity index is 1.40. The molecule has 1 amide bonds. The van der Waals surface area contributed by atoms with Gasteiger partial charge in [0, 0.05) is 18.1 Å². The number of carbonyl (C=O) groups excluding carboxylic acids is 1. The van der Waals surface area contributed by atoms with Gasteiger partial charge in [-0.2, -0.15) is 0 Å². The summed E-state index contributed by atoms with van der Waals surface area (Å²) in [4.78, 5) is 25.8. The van der Waals surface area contributed by atoms with Crippen molar-refractivity contribution in [3.63, 3.8) is 0 Å². The summed E-state index contributed by atoms with van der Waals surface area (Å²) in [6.45, 7) is 1.66. The number of carbonyl (C=O) groups is 1. The van der Waals surface area contributed by atoms with Crippen LogP contribution in [0.1, 0.15) is 5.69 Å². The van der Waals surface area contributed by atoms with Crippen molar-refractivity contribution < 1.29 is 9.90 Å². The van der Waals surface area contributed by atoms with E-state index in [1.165, 1.54) is 9.25 Å². The summed E-state index contributed by atoms with van der Waals surface area (Å²) in [6.07, 6.45) is 0. The van der Waals surface area contributed by atoms with Gasteiger partial charge in [-0.1, -0.05) is 54.6 Å². The van der Waals surface area contributed by atoms with Crippen LogP contribution in [-0.2, 0) is 18.4 Å². The van der Waals surface area contributed by atoms with E-state index in [2.05, 4.69) is 20.9 Å². The molecule has 0 atom stereocenters. The number of aromatic nitrogens is 3. The lowest BCUT2D eigenvalue weighted by molar-refractivity contribution is -0.116. The lowest BCUT2D eigenvalue weighted by atomic mass is 10.2. The molecule has 0 aliphatic carbocycles. The number of nitrogens with one attached hydrogen (secondary N) is 2. The molecule has 2 aromatic heterocycles. The Labute approximate surface area is 228 Å². The first-order valence-electron chi connectivity index (χ1n) is 12.1. The number of para-hydroxylation sites is 3. The minimum Gasteiger partial charge on any atom is -0.493 e. The number of aromatic hydroxyl groups is 1. The number of hydrogen-bond acceptors (Lipinski definition) is 5. The molecule has 5 rings (SSSR count). The number of anilines is 2. The monoisotopic (exact) mass is 539 g/mol. The minimum absolute atomic E-state index is 0.0564. The fourth-order valence-corrected chi connectivity index (χ4v) is 4.48. The third-order valence-electron chi connectivity index (χ3n) is 6.30. The molecule has 0 unspecified atom stereocenters. The summed E-state index contributed by atoms with van der Waals surface area (Å²) in [5, 5.41) is 25.5. The van der Waals surface area contributed by atoms with Gasteiger partial charge in [-0.05, 0) is 49.5 Å². The molecule has 3 aromatic carbocycles. The van der Waals surface area contributed by atoms with E-state index in [4.69, 9.17) is 12.2 Å². The number of thiocarbonyl (C=S) groups is 1. The summed E-state index contributed by atoms with van der Waals surface area (Å²) in [7, 11) is 1.78. The Morgan fingerprint density at radius 1 is 0.949 bits per heavy atom. The van der Waals surface area contributed by atoms with Crippen molar-refractivity contribution in [2.24, 2.45) is 17.3 Å². The Kier molecular flexibility index (Phi) is 7.06. The lowest BCUT2D eigenvalue weighted by Gasteiger charge is -2.08. The number of azo groups is 1. The summed E-state index contributed by atoms with van der Waals surface area (Å²) in [5.41, 5.74) is 2.77.